The van der Waals surface area contributed by atoms with E-state index < -0.39 is 0 Å². The first-order valence-electron chi connectivity index (χ1n) is 4.28. The van der Waals surface area contributed by atoms with Crippen LogP contribution in [0.4, 0.5) is 5.82 Å². The number of aliphatic hydroxyl groups excluding tert-OH is 1. The van der Waals surface area contributed by atoms with E-state index in [1.54, 1.807) is 17.0 Å². The van der Waals surface area contributed by atoms with Gasteiger partial charge in [0, 0.05) is 13.6 Å². The van der Waals surface area contributed by atoms with Crippen molar-refractivity contribution in [2.45, 2.75) is 0 Å². The van der Waals surface area contributed by atoms with Gasteiger partial charge in [-0.1, -0.05) is 6.07 Å². The standard InChI is InChI=1S/C9H14N4O/c1-13(5-6-14)8-4-2-3-7(12-8)9(10)11/h2-4,14H,5-6H2,1H3,(H3,10,11). The number of nitrogens with two attached hydrogens (primary N) is 1. The molecule has 0 aliphatic carbocycles. The van der Waals surface area contributed by atoms with Crippen molar-refractivity contribution >= 4 is 11.7 Å². The highest BCUT2D eigenvalue weighted by molar-refractivity contribution is 5.93. The molecule has 5 heteroatoms. The molecule has 0 aromatic carbocycles. The van der Waals surface area contributed by atoms with Gasteiger partial charge in [0.05, 0.1) is 6.61 Å². The summed E-state index contributed by atoms with van der Waals surface area (Å²) >= 11 is 0. The van der Waals surface area contributed by atoms with E-state index >= 15 is 0 Å². The van der Waals surface area contributed by atoms with Gasteiger partial charge in [-0.2, -0.15) is 0 Å². The third-order valence-corrected chi connectivity index (χ3v) is 1.84. The van der Waals surface area contributed by atoms with Crippen LogP contribution in [0.5, 0.6) is 0 Å². The minimum absolute atomic E-state index is 0.0516. The van der Waals surface area contributed by atoms with Crippen LogP contribution in [0.1, 0.15) is 5.69 Å². The Balaban J connectivity index is 2.87. The first-order valence-corrected chi connectivity index (χ1v) is 4.28. The lowest BCUT2D eigenvalue weighted by atomic mass is 10.3. The van der Waals surface area contributed by atoms with Crippen molar-refractivity contribution in [2.75, 3.05) is 25.1 Å². The number of hydrogen-bond donors (Lipinski definition) is 3. The SMILES string of the molecule is CN(CCO)c1cccc(C(=N)N)n1. The maximum Gasteiger partial charge on any atom is 0.141 e. The van der Waals surface area contributed by atoms with Crippen LogP contribution < -0.4 is 10.6 Å². The molecule has 0 aliphatic heterocycles. The largest absolute Gasteiger partial charge is 0.395 e. The first-order chi connectivity index (χ1) is 6.65. The van der Waals surface area contributed by atoms with Crippen LogP contribution in [0.3, 0.4) is 0 Å². The summed E-state index contributed by atoms with van der Waals surface area (Å²) in [5.41, 5.74) is 5.76. The lowest BCUT2D eigenvalue weighted by Crippen LogP contribution is -2.23. The second kappa shape index (κ2) is 4.57. The number of anilines is 1. The Hall–Kier alpha value is -1.62. The van der Waals surface area contributed by atoms with E-state index in [0.717, 1.165) is 0 Å². The summed E-state index contributed by atoms with van der Waals surface area (Å²) in [4.78, 5) is 5.95. The minimum atomic E-state index is -0.0516. The summed E-state index contributed by atoms with van der Waals surface area (Å²) in [6, 6.07) is 5.27. The fourth-order valence-electron chi connectivity index (χ4n) is 1.05. The molecule has 14 heavy (non-hydrogen) atoms. The summed E-state index contributed by atoms with van der Waals surface area (Å²) in [7, 11) is 1.82. The van der Waals surface area contributed by atoms with Crippen LogP contribution >= 0.6 is 0 Å². The zero-order valence-electron chi connectivity index (χ0n) is 8.07. The van der Waals surface area contributed by atoms with E-state index in [9.17, 15) is 0 Å². The van der Waals surface area contributed by atoms with Gasteiger partial charge in [-0.3, -0.25) is 5.41 Å². The van der Waals surface area contributed by atoms with E-state index in [4.69, 9.17) is 16.2 Å². The van der Waals surface area contributed by atoms with Crippen LogP contribution in [-0.2, 0) is 0 Å². The number of nitrogens with zero attached hydrogens (tertiary/aromatic N) is 2. The van der Waals surface area contributed by atoms with E-state index in [1.807, 2.05) is 13.1 Å². The van der Waals surface area contributed by atoms with Crippen molar-refractivity contribution in [1.82, 2.24) is 4.98 Å². The first kappa shape index (κ1) is 10.5. The number of pyridine rings is 1. The number of aliphatic hydroxyl groups is 1. The zero-order valence-corrected chi connectivity index (χ0v) is 8.07. The maximum absolute atomic E-state index is 8.74. The maximum atomic E-state index is 8.74. The molecule has 0 radical (unpaired) electrons. The highest BCUT2D eigenvalue weighted by Crippen LogP contribution is 2.08. The molecule has 0 saturated carbocycles. The summed E-state index contributed by atoms with van der Waals surface area (Å²) in [5, 5.41) is 16.0. The van der Waals surface area contributed by atoms with Crippen LogP contribution in [0.25, 0.3) is 0 Å². The van der Waals surface area contributed by atoms with Gasteiger partial charge in [-0.25, -0.2) is 4.98 Å². The van der Waals surface area contributed by atoms with Gasteiger partial charge < -0.3 is 15.7 Å². The van der Waals surface area contributed by atoms with Crippen molar-refractivity contribution in [3.05, 3.63) is 23.9 Å². The number of nitrogens with one attached hydrogen (secondary N) is 1. The Morgan fingerprint density at radius 2 is 2.36 bits per heavy atom. The van der Waals surface area contributed by atoms with Crippen LogP contribution in [-0.4, -0.2) is 36.1 Å². The Labute approximate surface area is 82.7 Å². The molecule has 0 saturated heterocycles. The summed E-state index contributed by atoms with van der Waals surface area (Å²) in [6.45, 7) is 0.580. The predicted octanol–water partition coefficient (Wildman–Crippen LogP) is -0.206. The molecule has 0 fully saturated rings. The molecule has 1 rings (SSSR count). The topological polar surface area (TPSA) is 86.2 Å². The molecule has 76 valence electrons. The fourth-order valence-corrected chi connectivity index (χ4v) is 1.05. The Morgan fingerprint density at radius 3 is 2.93 bits per heavy atom. The van der Waals surface area contributed by atoms with Crippen LogP contribution in [0.2, 0.25) is 0 Å². The number of hydrogen-bond acceptors (Lipinski definition) is 4. The van der Waals surface area contributed by atoms with Gasteiger partial charge >= 0.3 is 0 Å². The summed E-state index contributed by atoms with van der Waals surface area (Å²) < 4.78 is 0. The third-order valence-electron chi connectivity index (χ3n) is 1.84. The molecule has 0 spiro atoms. The molecular weight excluding hydrogens is 180 g/mol. The average Bonchev–Trinajstić information content (AvgIpc) is 2.18. The van der Waals surface area contributed by atoms with Crippen LogP contribution in [0.15, 0.2) is 18.2 Å². The lowest BCUT2D eigenvalue weighted by Gasteiger charge is -2.16. The van der Waals surface area contributed by atoms with Crippen molar-refractivity contribution in [2.24, 2.45) is 5.73 Å². The van der Waals surface area contributed by atoms with Gasteiger partial charge in [0.25, 0.3) is 0 Å². The number of aromatic nitrogens is 1. The van der Waals surface area contributed by atoms with Crippen molar-refractivity contribution in [1.29, 1.82) is 5.41 Å². The van der Waals surface area contributed by atoms with Gasteiger partial charge in [0.2, 0.25) is 0 Å². The molecule has 0 amide bonds. The van der Waals surface area contributed by atoms with E-state index in [2.05, 4.69) is 4.98 Å². The molecule has 1 heterocycles. The molecular formula is C9H14N4O. The summed E-state index contributed by atoms with van der Waals surface area (Å²) in [6.07, 6.45) is 0. The van der Waals surface area contributed by atoms with Crippen LogP contribution in [0, 0.1) is 5.41 Å². The van der Waals surface area contributed by atoms with Gasteiger partial charge in [0.1, 0.15) is 17.3 Å². The van der Waals surface area contributed by atoms with E-state index in [1.165, 1.54) is 0 Å². The second-order valence-corrected chi connectivity index (χ2v) is 2.94. The normalized spacial score (nSPS) is 9.86. The monoisotopic (exact) mass is 194 g/mol. The zero-order chi connectivity index (χ0) is 10.6. The highest BCUT2D eigenvalue weighted by Gasteiger charge is 2.03. The Bertz CT molecular complexity index is 326. The van der Waals surface area contributed by atoms with E-state index in [0.29, 0.717) is 18.1 Å². The van der Waals surface area contributed by atoms with Crippen molar-refractivity contribution < 1.29 is 5.11 Å². The van der Waals surface area contributed by atoms with Gasteiger partial charge in [0.15, 0.2) is 0 Å². The summed E-state index contributed by atoms with van der Waals surface area (Å²) in [5.74, 6) is 0.649. The highest BCUT2D eigenvalue weighted by atomic mass is 16.3. The Morgan fingerprint density at radius 1 is 1.64 bits per heavy atom. The molecule has 0 aliphatic rings. The molecule has 4 N–H and O–H groups in total. The van der Waals surface area contributed by atoms with Gasteiger partial charge in [-0.15, -0.1) is 0 Å². The van der Waals surface area contributed by atoms with E-state index in [-0.39, 0.29) is 12.4 Å². The average molecular weight is 194 g/mol. The smallest absolute Gasteiger partial charge is 0.141 e. The second-order valence-electron chi connectivity index (χ2n) is 2.94. The Kier molecular flexibility index (Phi) is 3.41. The molecule has 5 nitrogen and oxygen atoms in total. The minimum Gasteiger partial charge on any atom is -0.395 e. The molecule has 0 atom stereocenters. The van der Waals surface area contributed by atoms with Crippen molar-refractivity contribution in [3.8, 4) is 0 Å². The van der Waals surface area contributed by atoms with Crippen molar-refractivity contribution in [3.63, 3.8) is 0 Å². The number of nitrogen functional groups attached to an aromatic ring is 1. The number of likely N-dealkylation sites (N-methyl/N-ethyl adjacent to an activating group) is 1. The number of rotatable bonds is 4. The molecule has 1 aromatic heterocycles. The molecule has 0 bridgehead atoms. The fraction of sp³-hybridized carbons (Fsp3) is 0.333. The quantitative estimate of drug-likeness (QED) is 0.457. The molecule has 0 unspecified atom stereocenters. The number of amidine groups is 1. The lowest BCUT2D eigenvalue weighted by molar-refractivity contribution is 0.304. The third kappa shape index (κ3) is 2.43. The predicted molar refractivity (Wildman–Crippen MR) is 55.6 cm³/mol. The molecule has 1 aromatic rings. The van der Waals surface area contributed by atoms with Gasteiger partial charge in [-0.05, 0) is 12.1 Å².